The van der Waals surface area contributed by atoms with E-state index in [0.717, 1.165) is 30.6 Å². The second kappa shape index (κ2) is 5.78. The van der Waals surface area contributed by atoms with Gasteiger partial charge in [-0.25, -0.2) is 0 Å². The average molecular weight is 320 g/mol. The molecule has 122 valence electrons. The van der Waals surface area contributed by atoms with Gasteiger partial charge in [-0.15, -0.1) is 0 Å². The number of para-hydroxylation sites is 1. The quantitative estimate of drug-likeness (QED) is 0.939. The van der Waals surface area contributed by atoms with Gasteiger partial charge in [0.25, 0.3) is 5.91 Å². The number of hydrogen-bond donors (Lipinski definition) is 1. The topological polar surface area (TPSA) is 49.4 Å². The van der Waals surface area contributed by atoms with Gasteiger partial charge in [0, 0.05) is 28.9 Å². The molecule has 4 nitrogen and oxygen atoms in total. The van der Waals surface area contributed by atoms with E-state index in [4.69, 9.17) is 0 Å². The molecule has 0 saturated heterocycles. The summed E-state index contributed by atoms with van der Waals surface area (Å²) in [5.74, 6) is 0.261. The molecular weight excluding hydrogens is 300 g/mol. The summed E-state index contributed by atoms with van der Waals surface area (Å²) in [6, 6.07) is 15.4. The third-order valence-corrected chi connectivity index (χ3v) is 4.77. The van der Waals surface area contributed by atoms with Crippen molar-refractivity contribution in [3.63, 3.8) is 0 Å². The molecule has 0 unspecified atom stereocenters. The van der Waals surface area contributed by atoms with Crippen molar-refractivity contribution in [2.45, 2.75) is 32.2 Å². The van der Waals surface area contributed by atoms with Gasteiger partial charge >= 0.3 is 0 Å². The summed E-state index contributed by atoms with van der Waals surface area (Å²) in [6.07, 6.45) is 2.85. The molecule has 0 aromatic heterocycles. The minimum Gasteiger partial charge on any atom is -0.326 e. The lowest BCUT2D eigenvalue weighted by atomic mass is 10.1. The van der Waals surface area contributed by atoms with E-state index in [1.54, 1.807) is 24.3 Å². The van der Waals surface area contributed by atoms with Gasteiger partial charge in [0.05, 0.1) is 0 Å². The summed E-state index contributed by atoms with van der Waals surface area (Å²) in [5, 5.41) is 2.90. The molecular formula is C20H20N2O2. The number of anilines is 2. The lowest BCUT2D eigenvalue weighted by molar-refractivity contribution is -0.117. The van der Waals surface area contributed by atoms with Crippen molar-refractivity contribution in [3.8, 4) is 0 Å². The second-order valence-electron chi connectivity index (χ2n) is 6.70. The number of carbonyl (C=O) groups is 2. The zero-order chi connectivity index (χ0) is 16.7. The van der Waals surface area contributed by atoms with Crippen molar-refractivity contribution in [1.82, 2.24) is 0 Å². The van der Waals surface area contributed by atoms with E-state index < -0.39 is 0 Å². The molecule has 0 bridgehead atoms. The molecule has 4 rings (SSSR count). The van der Waals surface area contributed by atoms with Crippen molar-refractivity contribution in [2.75, 3.05) is 10.2 Å². The van der Waals surface area contributed by atoms with Crippen molar-refractivity contribution in [3.05, 3.63) is 59.7 Å². The largest absolute Gasteiger partial charge is 0.326 e. The van der Waals surface area contributed by atoms with Crippen LogP contribution in [0, 0.1) is 5.92 Å². The molecule has 2 aliphatic rings. The minimum atomic E-state index is 0.00696. The average Bonchev–Trinajstić information content (AvgIpc) is 3.37. The second-order valence-corrected chi connectivity index (χ2v) is 6.70. The number of carbonyl (C=O) groups excluding carboxylic acids is 2. The summed E-state index contributed by atoms with van der Waals surface area (Å²) in [6.45, 7) is 2.07. The van der Waals surface area contributed by atoms with Gasteiger partial charge in [-0.3, -0.25) is 9.59 Å². The fourth-order valence-corrected chi connectivity index (χ4v) is 3.30. The normalized spacial score (nSPS) is 19.0. The molecule has 2 aromatic rings. The van der Waals surface area contributed by atoms with E-state index >= 15 is 0 Å². The molecule has 2 aromatic carbocycles. The minimum absolute atomic E-state index is 0.00696. The number of fused-ring (bicyclic) bond motifs is 1. The molecule has 1 saturated carbocycles. The van der Waals surface area contributed by atoms with Crippen LogP contribution in [-0.4, -0.2) is 17.9 Å². The Labute approximate surface area is 141 Å². The maximum atomic E-state index is 12.9. The van der Waals surface area contributed by atoms with Crippen LogP contribution >= 0.6 is 0 Å². The van der Waals surface area contributed by atoms with Crippen LogP contribution in [0.5, 0.6) is 0 Å². The van der Waals surface area contributed by atoms with Crippen molar-refractivity contribution >= 4 is 23.2 Å². The summed E-state index contributed by atoms with van der Waals surface area (Å²) in [7, 11) is 0. The summed E-state index contributed by atoms with van der Waals surface area (Å²) >= 11 is 0. The van der Waals surface area contributed by atoms with Gasteiger partial charge < -0.3 is 10.2 Å². The van der Waals surface area contributed by atoms with Gasteiger partial charge in [-0.05, 0) is 62.1 Å². The fraction of sp³-hybridized carbons (Fsp3) is 0.300. The lowest BCUT2D eigenvalue weighted by Crippen LogP contribution is -2.35. The molecule has 1 heterocycles. The maximum Gasteiger partial charge on any atom is 0.258 e. The molecule has 1 aliphatic carbocycles. The lowest BCUT2D eigenvalue weighted by Gasteiger charge is -2.23. The van der Waals surface area contributed by atoms with Crippen molar-refractivity contribution in [1.29, 1.82) is 0 Å². The Morgan fingerprint density at radius 1 is 1.04 bits per heavy atom. The van der Waals surface area contributed by atoms with Crippen molar-refractivity contribution < 1.29 is 9.59 Å². The predicted octanol–water partition coefficient (Wildman–Crippen LogP) is 3.63. The smallest absolute Gasteiger partial charge is 0.258 e. The van der Waals surface area contributed by atoms with E-state index in [9.17, 15) is 9.59 Å². The Bertz CT molecular complexity index is 794. The Hall–Kier alpha value is -2.62. The Balaban J connectivity index is 1.53. The highest BCUT2D eigenvalue weighted by Gasteiger charge is 2.31. The van der Waals surface area contributed by atoms with Crippen LogP contribution < -0.4 is 10.2 Å². The molecule has 24 heavy (non-hydrogen) atoms. The summed E-state index contributed by atoms with van der Waals surface area (Å²) in [4.78, 5) is 26.6. The van der Waals surface area contributed by atoms with Crippen LogP contribution in [0.2, 0.25) is 0 Å². The monoisotopic (exact) mass is 320 g/mol. The number of rotatable bonds is 3. The van der Waals surface area contributed by atoms with Gasteiger partial charge in [-0.1, -0.05) is 18.2 Å². The van der Waals surface area contributed by atoms with Gasteiger partial charge in [0.1, 0.15) is 0 Å². The van der Waals surface area contributed by atoms with Crippen LogP contribution in [0.25, 0.3) is 0 Å². The third-order valence-electron chi connectivity index (χ3n) is 4.77. The number of nitrogens with zero attached hydrogens (tertiary/aromatic N) is 1. The Kier molecular flexibility index (Phi) is 3.60. The first-order valence-electron chi connectivity index (χ1n) is 8.46. The van der Waals surface area contributed by atoms with E-state index in [1.165, 1.54) is 5.56 Å². The molecule has 1 atom stereocenters. The zero-order valence-corrected chi connectivity index (χ0v) is 13.7. The van der Waals surface area contributed by atoms with E-state index in [-0.39, 0.29) is 23.8 Å². The molecule has 1 N–H and O–H groups in total. The zero-order valence-electron chi connectivity index (χ0n) is 13.7. The highest BCUT2D eigenvalue weighted by molar-refractivity contribution is 6.08. The first-order valence-corrected chi connectivity index (χ1v) is 8.46. The summed E-state index contributed by atoms with van der Waals surface area (Å²) < 4.78 is 0. The molecule has 1 aliphatic heterocycles. The van der Waals surface area contributed by atoms with E-state index in [0.29, 0.717) is 5.56 Å². The first-order chi connectivity index (χ1) is 11.6. The molecule has 1 fully saturated rings. The molecule has 0 radical (unpaired) electrons. The highest BCUT2D eigenvalue weighted by atomic mass is 16.2. The molecule has 2 amide bonds. The predicted molar refractivity (Wildman–Crippen MR) is 94.2 cm³/mol. The molecule has 4 heteroatoms. The van der Waals surface area contributed by atoms with Crippen LogP contribution in [0.1, 0.15) is 35.7 Å². The first kappa shape index (κ1) is 14.9. The SMILES string of the molecule is C[C@@H]1Cc2ccccc2N1C(=O)c1ccc(NC(=O)C2CC2)cc1. The van der Waals surface area contributed by atoms with Gasteiger partial charge in [-0.2, -0.15) is 0 Å². The van der Waals surface area contributed by atoms with Crippen LogP contribution in [0.15, 0.2) is 48.5 Å². The fourth-order valence-electron chi connectivity index (χ4n) is 3.30. The van der Waals surface area contributed by atoms with Gasteiger partial charge in [0.2, 0.25) is 5.91 Å². The van der Waals surface area contributed by atoms with Gasteiger partial charge in [0.15, 0.2) is 0 Å². The number of hydrogen-bond acceptors (Lipinski definition) is 2. The van der Waals surface area contributed by atoms with Crippen molar-refractivity contribution in [2.24, 2.45) is 5.92 Å². The van der Waals surface area contributed by atoms with E-state index in [2.05, 4.69) is 18.3 Å². The van der Waals surface area contributed by atoms with Crippen LogP contribution in [0.3, 0.4) is 0 Å². The van der Waals surface area contributed by atoms with E-state index in [1.807, 2.05) is 23.1 Å². The number of amides is 2. The maximum absolute atomic E-state index is 12.9. The third kappa shape index (κ3) is 2.68. The Morgan fingerprint density at radius 2 is 1.75 bits per heavy atom. The van der Waals surface area contributed by atoms with Crippen LogP contribution in [0.4, 0.5) is 11.4 Å². The number of nitrogens with one attached hydrogen (secondary N) is 1. The molecule has 0 spiro atoms. The number of benzene rings is 2. The highest BCUT2D eigenvalue weighted by Crippen LogP contribution is 2.33. The van der Waals surface area contributed by atoms with Crippen LogP contribution in [-0.2, 0) is 11.2 Å². The standard InChI is InChI=1S/C20H20N2O2/c1-13-12-16-4-2-3-5-18(16)22(13)20(24)15-8-10-17(11-9-15)21-19(23)14-6-7-14/h2-5,8-11,13-14H,6-7,12H2,1H3,(H,21,23)/t13-/m1/s1. The summed E-state index contributed by atoms with van der Waals surface area (Å²) in [5.41, 5.74) is 3.61. The Morgan fingerprint density at radius 3 is 2.46 bits per heavy atom.